The number of esters is 1. The number of methoxy groups -OCH3 is 1. The molecule has 1 aliphatic heterocycles. The van der Waals surface area contributed by atoms with Gasteiger partial charge in [-0.15, -0.1) is 0 Å². The van der Waals surface area contributed by atoms with Crippen molar-refractivity contribution in [1.82, 2.24) is 19.4 Å². The Hall–Kier alpha value is -4.90. The number of carboxylic acid groups (broad SMARTS) is 1. The lowest BCUT2D eigenvalue weighted by molar-refractivity contribution is -0.136. The molecule has 2 aromatic carbocycles. The normalized spacial score (nSPS) is 12.2. The number of amides is 2. The third kappa shape index (κ3) is 11.1. The molecule has 1 fully saturated rings. The van der Waals surface area contributed by atoms with Crippen LogP contribution in [0.2, 0.25) is 5.02 Å². The highest BCUT2D eigenvalue weighted by Crippen LogP contribution is 2.31. The van der Waals surface area contributed by atoms with Crippen LogP contribution in [0.1, 0.15) is 71.0 Å². The molecule has 0 aliphatic carbocycles. The lowest BCUT2D eigenvalue weighted by Crippen LogP contribution is -2.25. The Kier molecular flexibility index (Phi) is 15.1. The highest BCUT2D eigenvalue weighted by atomic mass is 35.5. The fourth-order valence-corrected chi connectivity index (χ4v) is 5.29. The quantitative estimate of drug-likeness (QED) is 0.130. The smallest absolute Gasteiger partial charge is 0.339 e. The largest absolute Gasteiger partial charge is 0.497 e. The molecule has 0 atom stereocenters. The molecule has 1 N–H and O–H groups in total. The summed E-state index contributed by atoms with van der Waals surface area (Å²) < 4.78 is 11.9. The molecule has 0 spiro atoms. The number of likely N-dealkylation sites (N-methyl/N-ethyl adjacent to an activating group) is 2. The van der Waals surface area contributed by atoms with Crippen LogP contribution < -0.4 is 4.74 Å². The van der Waals surface area contributed by atoms with E-state index < -0.39 is 5.97 Å². The van der Waals surface area contributed by atoms with Crippen LogP contribution in [0, 0.1) is 6.92 Å². The van der Waals surface area contributed by atoms with Gasteiger partial charge in [0.2, 0.25) is 0 Å². The summed E-state index contributed by atoms with van der Waals surface area (Å²) in [6.45, 7) is 6.18. The number of pyridine rings is 1. The van der Waals surface area contributed by atoms with E-state index in [-0.39, 0.29) is 24.3 Å². The van der Waals surface area contributed by atoms with Gasteiger partial charge in [0.1, 0.15) is 5.75 Å². The molecule has 2 aromatic heterocycles. The molecule has 49 heavy (non-hydrogen) atoms. The molecular formula is C37H45ClN4O7. The number of halogens is 1. The van der Waals surface area contributed by atoms with Crippen molar-refractivity contribution in [1.29, 1.82) is 0 Å². The van der Waals surface area contributed by atoms with Crippen molar-refractivity contribution in [2.45, 2.75) is 52.4 Å². The topological polar surface area (TPSA) is 131 Å². The number of ether oxygens (including phenoxy) is 2. The van der Waals surface area contributed by atoms with Gasteiger partial charge in [0.25, 0.3) is 5.91 Å². The first-order valence-electron chi connectivity index (χ1n) is 16.2. The van der Waals surface area contributed by atoms with Crippen LogP contribution >= 0.6 is 11.6 Å². The minimum atomic E-state index is -0.955. The zero-order valence-corrected chi connectivity index (χ0v) is 29.5. The second kappa shape index (κ2) is 19.2. The number of rotatable bonds is 11. The predicted octanol–water partition coefficient (Wildman–Crippen LogP) is 7.12. The lowest BCUT2D eigenvalue weighted by Gasteiger charge is -2.08. The van der Waals surface area contributed by atoms with E-state index >= 15 is 0 Å². The van der Waals surface area contributed by atoms with Crippen LogP contribution in [0.4, 0.5) is 4.79 Å². The molecule has 1 saturated heterocycles. The predicted molar refractivity (Wildman–Crippen MR) is 190 cm³/mol. The van der Waals surface area contributed by atoms with Gasteiger partial charge in [-0.3, -0.25) is 19.1 Å². The van der Waals surface area contributed by atoms with Gasteiger partial charge < -0.3 is 24.4 Å². The number of hydrogen-bond donors (Lipinski definition) is 1. The van der Waals surface area contributed by atoms with Crippen molar-refractivity contribution in [3.05, 3.63) is 94.4 Å². The van der Waals surface area contributed by atoms with E-state index in [4.69, 9.17) is 21.1 Å². The van der Waals surface area contributed by atoms with Crippen molar-refractivity contribution in [2.75, 3.05) is 40.9 Å². The minimum absolute atomic E-state index is 0.130. The molecule has 0 bridgehead atoms. The Bertz CT molecular complexity index is 1700. The van der Waals surface area contributed by atoms with E-state index in [0.717, 1.165) is 25.9 Å². The first-order valence-corrected chi connectivity index (χ1v) is 16.6. The summed E-state index contributed by atoms with van der Waals surface area (Å²) in [6, 6.07) is 15.4. The Labute approximate surface area is 292 Å². The second-order valence-corrected chi connectivity index (χ2v) is 12.0. The summed E-state index contributed by atoms with van der Waals surface area (Å²) in [6.07, 6.45) is 8.80. The van der Waals surface area contributed by atoms with Gasteiger partial charge in [0, 0.05) is 61.2 Å². The van der Waals surface area contributed by atoms with Crippen LogP contribution in [-0.4, -0.2) is 89.2 Å². The molecule has 5 rings (SSSR count). The summed E-state index contributed by atoms with van der Waals surface area (Å²) in [4.78, 5) is 53.8. The Morgan fingerprint density at radius 2 is 1.61 bits per heavy atom. The fourth-order valence-electron chi connectivity index (χ4n) is 5.17. The van der Waals surface area contributed by atoms with E-state index in [1.54, 1.807) is 84.6 Å². The molecule has 0 unspecified atom stereocenters. The van der Waals surface area contributed by atoms with Crippen LogP contribution in [0.5, 0.6) is 5.75 Å². The molecule has 11 nitrogen and oxygen atoms in total. The number of nitrogens with zero attached hydrogens (tertiary/aromatic N) is 4. The molecule has 0 radical (unpaired) electrons. The molecule has 3 heterocycles. The number of urea groups is 1. The molecular weight excluding hydrogens is 648 g/mol. The maximum atomic E-state index is 13.0. The molecule has 4 aromatic rings. The van der Waals surface area contributed by atoms with Crippen molar-refractivity contribution in [3.8, 4) is 5.75 Å². The van der Waals surface area contributed by atoms with E-state index in [1.807, 2.05) is 14.1 Å². The first kappa shape index (κ1) is 38.5. The average molecular weight is 693 g/mol. The summed E-state index contributed by atoms with van der Waals surface area (Å²) in [7, 11) is 5.17. The first-order chi connectivity index (χ1) is 23.5. The van der Waals surface area contributed by atoms with E-state index in [0.29, 0.717) is 50.7 Å². The number of carbonyl (C=O) groups excluding carboxylic acids is 3. The average Bonchev–Trinajstić information content (AvgIpc) is 3.55. The number of aromatic nitrogens is 2. The number of hydrogen-bond acceptors (Lipinski definition) is 7. The highest BCUT2D eigenvalue weighted by Gasteiger charge is 2.22. The number of benzene rings is 2. The summed E-state index contributed by atoms with van der Waals surface area (Å²) in [5.41, 5.74) is 2.85. The van der Waals surface area contributed by atoms with Crippen molar-refractivity contribution >= 4 is 46.4 Å². The number of fused-ring (bicyclic) bond motifs is 1. The number of aliphatic carboxylic acids is 1. The molecule has 1 aliphatic rings. The van der Waals surface area contributed by atoms with Crippen LogP contribution in [-0.2, 0) is 16.0 Å². The fraction of sp³-hybridized carbons (Fsp3) is 0.378. The molecule has 12 heteroatoms. The Morgan fingerprint density at radius 3 is 2.16 bits per heavy atom. The number of carbonyl (C=O) groups is 4. The van der Waals surface area contributed by atoms with Gasteiger partial charge in [0.05, 0.1) is 31.2 Å². The van der Waals surface area contributed by atoms with Crippen LogP contribution in [0.15, 0.2) is 67.0 Å². The van der Waals surface area contributed by atoms with Gasteiger partial charge in [-0.2, -0.15) is 0 Å². The Morgan fingerprint density at radius 1 is 0.939 bits per heavy atom. The van der Waals surface area contributed by atoms with Crippen LogP contribution in [0.3, 0.4) is 0 Å². The zero-order valence-electron chi connectivity index (χ0n) is 28.8. The number of carboxylic acids is 1. The second-order valence-electron chi connectivity index (χ2n) is 11.6. The van der Waals surface area contributed by atoms with Crippen molar-refractivity contribution < 1.29 is 33.8 Å². The van der Waals surface area contributed by atoms with E-state index in [9.17, 15) is 24.3 Å². The summed E-state index contributed by atoms with van der Waals surface area (Å²) in [5, 5.41) is 10.5. The maximum Gasteiger partial charge on any atom is 0.339 e. The van der Waals surface area contributed by atoms with Gasteiger partial charge in [0.15, 0.2) is 0 Å². The minimum Gasteiger partial charge on any atom is -0.497 e. The van der Waals surface area contributed by atoms with E-state index in [2.05, 4.69) is 11.9 Å². The summed E-state index contributed by atoms with van der Waals surface area (Å²) >= 11 is 5.89. The molecule has 0 saturated carbocycles. The maximum absolute atomic E-state index is 13.0. The van der Waals surface area contributed by atoms with Gasteiger partial charge in [-0.1, -0.05) is 44.2 Å². The van der Waals surface area contributed by atoms with Crippen molar-refractivity contribution in [2.24, 2.45) is 0 Å². The third-order valence-corrected chi connectivity index (χ3v) is 8.22. The zero-order chi connectivity index (χ0) is 35.9. The van der Waals surface area contributed by atoms with Gasteiger partial charge in [-0.05, 0) is 73.5 Å². The molecule has 2 amide bonds. The SMILES string of the molecule is CCCCCCCOC(=O)c1cccnc1.CN1CCN(C)C1=O.COc1ccc2c(c1)c(CC(=O)O)c(C)n2C(=O)c1ccc(Cl)cc1. The van der Waals surface area contributed by atoms with Crippen molar-refractivity contribution in [3.63, 3.8) is 0 Å². The standard InChI is InChI=1S/C19H16ClNO4.C13H19NO2.C5H10N2O/c1-11-15(10-18(22)23)16-9-14(25-2)7-8-17(16)21(11)19(24)12-3-5-13(20)6-4-12;1-2-3-4-5-6-10-16-13(15)12-8-7-9-14-11-12;1-6-3-4-7(2)5(6)8/h3-9H,10H2,1-2H3,(H,22,23);7-9,11H,2-6,10H2,1H3;3-4H2,1-2H3. The highest BCUT2D eigenvalue weighted by molar-refractivity contribution is 6.30. The van der Waals surface area contributed by atoms with Gasteiger partial charge in [-0.25, -0.2) is 9.59 Å². The lowest BCUT2D eigenvalue weighted by atomic mass is 10.1. The number of unbranched alkanes of at least 4 members (excludes halogenated alkanes) is 4. The van der Waals surface area contributed by atoms with Gasteiger partial charge >= 0.3 is 18.0 Å². The molecule has 262 valence electrons. The third-order valence-electron chi connectivity index (χ3n) is 7.97. The van der Waals surface area contributed by atoms with E-state index in [1.165, 1.54) is 30.0 Å². The summed E-state index contributed by atoms with van der Waals surface area (Å²) in [5.74, 6) is -0.858. The Balaban J connectivity index is 0.000000230. The van der Waals surface area contributed by atoms with Crippen LogP contribution in [0.25, 0.3) is 10.9 Å². The monoisotopic (exact) mass is 692 g/mol.